The number of anilines is 2. The first-order valence-corrected chi connectivity index (χ1v) is 6.36. The van der Waals surface area contributed by atoms with Crippen LogP contribution in [0.15, 0.2) is 36.4 Å². The number of hydrogen-bond donors (Lipinski definition) is 2. The standard InChI is InChI=1S/C14H12Cl2N2O/c1-8-4-2-6-10(16)13(8)18-14(19)12-9(15)5-3-7-11(12)17/h2-7H,17H2,1H3,(H,18,19). The van der Waals surface area contributed by atoms with Crippen LogP contribution >= 0.6 is 23.2 Å². The van der Waals surface area contributed by atoms with Crippen molar-refractivity contribution in [3.05, 3.63) is 57.6 Å². The summed E-state index contributed by atoms with van der Waals surface area (Å²) in [5, 5.41) is 3.52. The van der Waals surface area contributed by atoms with Crippen LogP contribution in [0.4, 0.5) is 11.4 Å². The number of nitrogen functional groups attached to an aromatic ring is 1. The molecule has 0 aromatic heterocycles. The van der Waals surface area contributed by atoms with Crippen LogP contribution in [0.25, 0.3) is 0 Å². The Labute approximate surface area is 121 Å². The molecule has 0 aliphatic heterocycles. The molecule has 98 valence electrons. The summed E-state index contributed by atoms with van der Waals surface area (Å²) in [5.41, 5.74) is 7.79. The van der Waals surface area contributed by atoms with Gasteiger partial charge in [0, 0.05) is 5.69 Å². The molecule has 0 aliphatic carbocycles. The Morgan fingerprint density at radius 1 is 1.11 bits per heavy atom. The monoisotopic (exact) mass is 294 g/mol. The lowest BCUT2D eigenvalue weighted by Gasteiger charge is -2.12. The van der Waals surface area contributed by atoms with Crippen molar-refractivity contribution in [2.45, 2.75) is 6.92 Å². The van der Waals surface area contributed by atoms with Crippen LogP contribution in [0, 0.1) is 6.92 Å². The molecule has 3 nitrogen and oxygen atoms in total. The third kappa shape index (κ3) is 2.83. The molecule has 0 heterocycles. The number of rotatable bonds is 2. The topological polar surface area (TPSA) is 55.1 Å². The molecule has 0 spiro atoms. The zero-order chi connectivity index (χ0) is 14.0. The fraction of sp³-hybridized carbons (Fsp3) is 0.0714. The van der Waals surface area contributed by atoms with Crippen LogP contribution in [0.1, 0.15) is 15.9 Å². The summed E-state index contributed by atoms with van der Waals surface area (Å²) in [7, 11) is 0. The largest absolute Gasteiger partial charge is 0.398 e. The zero-order valence-corrected chi connectivity index (χ0v) is 11.7. The molecule has 19 heavy (non-hydrogen) atoms. The summed E-state index contributed by atoms with van der Waals surface area (Å²) >= 11 is 12.1. The van der Waals surface area contributed by atoms with Gasteiger partial charge in [-0.1, -0.05) is 41.4 Å². The summed E-state index contributed by atoms with van der Waals surface area (Å²) in [4.78, 5) is 12.2. The van der Waals surface area contributed by atoms with Crippen molar-refractivity contribution < 1.29 is 4.79 Å². The van der Waals surface area contributed by atoms with Gasteiger partial charge in [-0.3, -0.25) is 4.79 Å². The predicted molar refractivity (Wildman–Crippen MR) is 80.0 cm³/mol. The van der Waals surface area contributed by atoms with E-state index in [4.69, 9.17) is 28.9 Å². The SMILES string of the molecule is Cc1cccc(Cl)c1NC(=O)c1c(N)cccc1Cl. The maximum atomic E-state index is 12.2. The summed E-state index contributed by atoms with van der Waals surface area (Å²) in [6.07, 6.45) is 0. The van der Waals surface area contributed by atoms with E-state index in [-0.39, 0.29) is 11.5 Å². The highest BCUT2D eigenvalue weighted by Gasteiger charge is 2.16. The highest BCUT2D eigenvalue weighted by Crippen LogP contribution is 2.28. The first-order valence-electron chi connectivity index (χ1n) is 5.61. The molecular formula is C14H12Cl2N2O. The van der Waals surface area contributed by atoms with Gasteiger partial charge in [-0.15, -0.1) is 0 Å². The molecule has 0 aliphatic rings. The average molecular weight is 295 g/mol. The van der Waals surface area contributed by atoms with Gasteiger partial charge in [0.05, 0.1) is 21.3 Å². The highest BCUT2D eigenvalue weighted by atomic mass is 35.5. The maximum Gasteiger partial charge on any atom is 0.259 e. The van der Waals surface area contributed by atoms with Gasteiger partial charge < -0.3 is 11.1 Å². The molecule has 0 radical (unpaired) electrons. The first-order chi connectivity index (χ1) is 9.00. The maximum absolute atomic E-state index is 12.2. The third-order valence-electron chi connectivity index (χ3n) is 2.73. The lowest BCUT2D eigenvalue weighted by atomic mass is 10.1. The quantitative estimate of drug-likeness (QED) is 0.818. The molecular weight excluding hydrogens is 283 g/mol. The number of amides is 1. The molecule has 0 bridgehead atoms. The van der Waals surface area contributed by atoms with Crippen molar-refractivity contribution in [1.29, 1.82) is 0 Å². The van der Waals surface area contributed by atoms with Gasteiger partial charge >= 0.3 is 0 Å². The number of benzene rings is 2. The smallest absolute Gasteiger partial charge is 0.259 e. The molecule has 1 amide bonds. The Morgan fingerprint density at radius 2 is 1.74 bits per heavy atom. The number of carbonyl (C=O) groups is 1. The second kappa shape index (κ2) is 5.51. The van der Waals surface area contributed by atoms with E-state index in [0.717, 1.165) is 5.56 Å². The Hall–Kier alpha value is -1.71. The summed E-state index contributed by atoms with van der Waals surface area (Å²) in [6, 6.07) is 10.3. The predicted octanol–water partition coefficient (Wildman–Crippen LogP) is 4.14. The van der Waals surface area contributed by atoms with E-state index < -0.39 is 0 Å². The number of nitrogens with two attached hydrogens (primary N) is 1. The summed E-state index contributed by atoms with van der Waals surface area (Å²) in [6.45, 7) is 1.86. The van der Waals surface area contributed by atoms with E-state index in [1.54, 1.807) is 24.3 Å². The van der Waals surface area contributed by atoms with Crippen LogP contribution in [-0.2, 0) is 0 Å². The molecule has 0 fully saturated rings. The van der Waals surface area contributed by atoms with Gasteiger partial charge in [0.25, 0.3) is 5.91 Å². The Bertz CT molecular complexity index is 601. The van der Waals surface area contributed by atoms with Crippen LogP contribution in [0.3, 0.4) is 0 Å². The van der Waals surface area contributed by atoms with Crippen LogP contribution in [-0.4, -0.2) is 5.91 Å². The van der Waals surface area contributed by atoms with Crippen molar-refractivity contribution in [2.75, 3.05) is 11.1 Å². The first kappa shape index (κ1) is 13.7. The van der Waals surface area contributed by atoms with E-state index in [2.05, 4.69) is 5.32 Å². The minimum absolute atomic E-state index is 0.253. The zero-order valence-electron chi connectivity index (χ0n) is 10.2. The van der Waals surface area contributed by atoms with Gasteiger partial charge in [-0.25, -0.2) is 0 Å². The van der Waals surface area contributed by atoms with Gasteiger partial charge in [-0.05, 0) is 30.7 Å². The van der Waals surface area contributed by atoms with Crippen molar-refractivity contribution >= 4 is 40.5 Å². The molecule has 0 unspecified atom stereocenters. The molecule has 5 heteroatoms. The number of para-hydroxylation sites is 1. The molecule has 2 aromatic carbocycles. The van der Waals surface area contributed by atoms with Crippen molar-refractivity contribution in [2.24, 2.45) is 0 Å². The normalized spacial score (nSPS) is 10.3. The van der Waals surface area contributed by atoms with E-state index >= 15 is 0 Å². The molecule has 0 saturated heterocycles. The molecule has 2 aromatic rings. The Kier molecular flexibility index (Phi) is 3.98. The lowest BCUT2D eigenvalue weighted by molar-refractivity contribution is 0.102. The Balaban J connectivity index is 2.37. The molecule has 2 rings (SSSR count). The fourth-order valence-corrected chi connectivity index (χ4v) is 2.28. The fourth-order valence-electron chi connectivity index (χ4n) is 1.75. The number of nitrogens with one attached hydrogen (secondary N) is 1. The summed E-state index contributed by atoms with van der Waals surface area (Å²) in [5.74, 6) is -0.376. The van der Waals surface area contributed by atoms with Gasteiger partial charge in [0.1, 0.15) is 0 Å². The Morgan fingerprint density at radius 3 is 2.37 bits per heavy atom. The van der Waals surface area contributed by atoms with Gasteiger partial charge in [0.15, 0.2) is 0 Å². The molecule has 0 saturated carbocycles. The van der Waals surface area contributed by atoms with Crippen LogP contribution < -0.4 is 11.1 Å². The van der Waals surface area contributed by atoms with E-state index in [1.165, 1.54) is 0 Å². The van der Waals surface area contributed by atoms with Gasteiger partial charge in [0.2, 0.25) is 0 Å². The second-order valence-electron chi connectivity index (χ2n) is 4.09. The van der Waals surface area contributed by atoms with Crippen molar-refractivity contribution in [3.63, 3.8) is 0 Å². The van der Waals surface area contributed by atoms with E-state index in [9.17, 15) is 4.79 Å². The van der Waals surface area contributed by atoms with Crippen LogP contribution in [0.5, 0.6) is 0 Å². The van der Waals surface area contributed by atoms with Crippen molar-refractivity contribution in [3.8, 4) is 0 Å². The van der Waals surface area contributed by atoms with Crippen molar-refractivity contribution in [1.82, 2.24) is 0 Å². The molecule has 0 atom stereocenters. The summed E-state index contributed by atoms with van der Waals surface area (Å²) < 4.78 is 0. The second-order valence-corrected chi connectivity index (χ2v) is 4.90. The minimum Gasteiger partial charge on any atom is -0.398 e. The third-order valence-corrected chi connectivity index (χ3v) is 3.36. The lowest BCUT2D eigenvalue weighted by Crippen LogP contribution is -2.15. The number of hydrogen-bond acceptors (Lipinski definition) is 2. The number of aryl methyl sites for hydroxylation is 1. The minimum atomic E-state index is -0.376. The highest BCUT2D eigenvalue weighted by molar-refractivity contribution is 6.36. The molecule has 3 N–H and O–H groups in total. The van der Waals surface area contributed by atoms with Gasteiger partial charge in [-0.2, -0.15) is 0 Å². The number of halogens is 2. The average Bonchev–Trinajstić information content (AvgIpc) is 2.34. The van der Waals surface area contributed by atoms with Crippen LogP contribution in [0.2, 0.25) is 10.0 Å². The van der Waals surface area contributed by atoms with E-state index in [1.807, 2.05) is 19.1 Å². The number of carbonyl (C=O) groups excluding carboxylic acids is 1. The van der Waals surface area contributed by atoms with E-state index in [0.29, 0.717) is 21.4 Å².